The smallest absolute Gasteiger partial charge is 0.243 e. The fourth-order valence-corrected chi connectivity index (χ4v) is 2.53. The maximum atomic E-state index is 11.8. The van der Waals surface area contributed by atoms with Crippen LogP contribution < -0.4 is 11.1 Å². The van der Waals surface area contributed by atoms with Crippen molar-refractivity contribution in [2.45, 2.75) is 46.6 Å². The molecule has 3 N–H and O–H groups in total. The lowest BCUT2D eigenvalue weighted by Crippen LogP contribution is -2.36. The summed E-state index contributed by atoms with van der Waals surface area (Å²) in [5.74, 6) is 0.273. The van der Waals surface area contributed by atoms with Crippen molar-refractivity contribution in [3.63, 3.8) is 0 Å². The Kier molecular flexibility index (Phi) is 5.08. The minimum Gasteiger partial charge on any atom is -0.320 e. The van der Waals surface area contributed by atoms with Crippen LogP contribution in [0.25, 0.3) is 0 Å². The molecule has 1 unspecified atom stereocenters. The summed E-state index contributed by atoms with van der Waals surface area (Å²) in [5.41, 5.74) is 6.85. The molecule has 96 valence electrons. The summed E-state index contributed by atoms with van der Waals surface area (Å²) in [6.07, 6.45) is 1.58. The summed E-state index contributed by atoms with van der Waals surface area (Å²) >= 11 is 1.50. The lowest BCUT2D eigenvalue weighted by molar-refractivity contribution is -0.117. The molecule has 1 amide bonds. The van der Waals surface area contributed by atoms with E-state index in [1.807, 2.05) is 6.92 Å². The van der Waals surface area contributed by atoms with E-state index in [1.165, 1.54) is 11.3 Å². The SMILES string of the molecule is CCc1nc(NC(=O)C(N)CC(C)C)sc1C. The molecule has 0 bridgehead atoms. The molecule has 1 rings (SSSR count). The average molecular weight is 255 g/mol. The van der Waals surface area contributed by atoms with Crippen LogP contribution in [0, 0.1) is 12.8 Å². The van der Waals surface area contributed by atoms with E-state index in [0.29, 0.717) is 17.5 Å². The van der Waals surface area contributed by atoms with Gasteiger partial charge >= 0.3 is 0 Å². The minimum atomic E-state index is -0.454. The summed E-state index contributed by atoms with van der Waals surface area (Å²) in [4.78, 5) is 17.3. The molecular weight excluding hydrogens is 234 g/mol. The van der Waals surface area contributed by atoms with Crippen LogP contribution in [0.1, 0.15) is 37.8 Å². The normalized spacial score (nSPS) is 12.8. The summed E-state index contributed by atoms with van der Waals surface area (Å²) in [7, 11) is 0. The van der Waals surface area contributed by atoms with Gasteiger partial charge in [0.2, 0.25) is 5.91 Å². The molecule has 0 aromatic carbocycles. The highest BCUT2D eigenvalue weighted by atomic mass is 32.1. The van der Waals surface area contributed by atoms with E-state index in [1.54, 1.807) is 0 Å². The maximum Gasteiger partial charge on any atom is 0.243 e. The number of nitrogens with one attached hydrogen (secondary N) is 1. The van der Waals surface area contributed by atoms with Crippen molar-refractivity contribution in [2.75, 3.05) is 5.32 Å². The van der Waals surface area contributed by atoms with Crippen LogP contribution >= 0.6 is 11.3 Å². The number of carbonyl (C=O) groups is 1. The summed E-state index contributed by atoms with van der Waals surface area (Å²) in [5, 5.41) is 3.44. The topological polar surface area (TPSA) is 68.0 Å². The largest absolute Gasteiger partial charge is 0.320 e. The lowest BCUT2D eigenvalue weighted by Gasteiger charge is -2.12. The third kappa shape index (κ3) is 4.09. The van der Waals surface area contributed by atoms with Crippen LogP contribution in [0.5, 0.6) is 0 Å². The Labute approximate surface area is 107 Å². The molecule has 0 aliphatic heterocycles. The number of hydrogen-bond acceptors (Lipinski definition) is 4. The first-order chi connectivity index (χ1) is 7.93. The highest BCUT2D eigenvalue weighted by molar-refractivity contribution is 7.15. The van der Waals surface area contributed by atoms with Gasteiger partial charge < -0.3 is 11.1 Å². The number of anilines is 1. The molecule has 1 aromatic rings. The van der Waals surface area contributed by atoms with Crippen molar-refractivity contribution >= 4 is 22.4 Å². The predicted octanol–water partition coefficient (Wildman–Crippen LogP) is 2.33. The number of aromatic nitrogens is 1. The molecular formula is C12H21N3OS. The number of amides is 1. The first kappa shape index (κ1) is 14.1. The number of thiazole rings is 1. The van der Waals surface area contributed by atoms with Gasteiger partial charge in [0.05, 0.1) is 11.7 Å². The third-order valence-corrected chi connectivity index (χ3v) is 3.45. The van der Waals surface area contributed by atoms with Gasteiger partial charge in [-0.15, -0.1) is 11.3 Å². The molecule has 0 radical (unpaired) electrons. The van der Waals surface area contributed by atoms with Crippen LogP contribution in [0.3, 0.4) is 0 Å². The summed E-state index contributed by atoms with van der Waals surface area (Å²) < 4.78 is 0. The Bertz CT molecular complexity index is 387. The fourth-order valence-electron chi connectivity index (χ4n) is 1.62. The Morgan fingerprint density at radius 3 is 2.65 bits per heavy atom. The zero-order chi connectivity index (χ0) is 13.0. The van der Waals surface area contributed by atoms with E-state index in [9.17, 15) is 4.79 Å². The van der Waals surface area contributed by atoms with Crippen molar-refractivity contribution in [1.29, 1.82) is 0 Å². The zero-order valence-electron chi connectivity index (χ0n) is 10.9. The number of hydrogen-bond donors (Lipinski definition) is 2. The molecule has 17 heavy (non-hydrogen) atoms. The molecule has 0 aliphatic rings. The van der Waals surface area contributed by atoms with Crippen molar-refractivity contribution in [1.82, 2.24) is 4.98 Å². The summed E-state index contributed by atoms with van der Waals surface area (Å²) in [6, 6.07) is -0.454. The van der Waals surface area contributed by atoms with Crippen LogP contribution in [-0.2, 0) is 11.2 Å². The Morgan fingerprint density at radius 1 is 1.53 bits per heavy atom. The minimum absolute atomic E-state index is 0.143. The Morgan fingerprint density at radius 2 is 2.18 bits per heavy atom. The number of rotatable bonds is 5. The molecule has 0 spiro atoms. The van der Waals surface area contributed by atoms with Gasteiger partial charge in [0.15, 0.2) is 5.13 Å². The van der Waals surface area contributed by atoms with Crippen molar-refractivity contribution in [3.8, 4) is 0 Å². The highest BCUT2D eigenvalue weighted by Crippen LogP contribution is 2.22. The Hall–Kier alpha value is -0.940. The fraction of sp³-hybridized carbons (Fsp3) is 0.667. The molecule has 4 nitrogen and oxygen atoms in total. The van der Waals surface area contributed by atoms with Gasteiger partial charge in [-0.25, -0.2) is 4.98 Å². The molecule has 1 heterocycles. The first-order valence-corrected chi connectivity index (χ1v) is 6.78. The van der Waals surface area contributed by atoms with Gasteiger partial charge in [-0.05, 0) is 25.7 Å². The third-order valence-electron chi connectivity index (χ3n) is 2.52. The van der Waals surface area contributed by atoms with Crippen molar-refractivity contribution in [2.24, 2.45) is 11.7 Å². The second kappa shape index (κ2) is 6.12. The molecule has 1 aromatic heterocycles. The van der Waals surface area contributed by atoms with Crippen LogP contribution in [0.2, 0.25) is 0 Å². The molecule has 1 atom stereocenters. The lowest BCUT2D eigenvalue weighted by atomic mass is 10.0. The second-order valence-electron chi connectivity index (χ2n) is 4.60. The van der Waals surface area contributed by atoms with E-state index < -0.39 is 6.04 Å². The monoisotopic (exact) mass is 255 g/mol. The second-order valence-corrected chi connectivity index (χ2v) is 5.80. The molecule has 0 fully saturated rings. The van der Waals surface area contributed by atoms with Crippen molar-refractivity contribution < 1.29 is 4.79 Å². The van der Waals surface area contributed by atoms with Gasteiger partial charge in [0, 0.05) is 4.88 Å². The van der Waals surface area contributed by atoms with Crippen LogP contribution in [0.4, 0.5) is 5.13 Å². The summed E-state index contributed by atoms with van der Waals surface area (Å²) in [6.45, 7) is 8.17. The van der Waals surface area contributed by atoms with Gasteiger partial charge in [0.25, 0.3) is 0 Å². The number of nitrogens with two attached hydrogens (primary N) is 1. The van der Waals surface area contributed by atoms with Gasteiger partial charge in [-0.3, -0.25) is 4.79 Å². The number of aryl methyl sites for hydroxylation is 2. The average Bonchev–Trinajstić information content (AvgIpc) is 2.57. The van der Waals surface area contributed by atoms with Crippen LogP contribution in [0.15, 0.2) is 0 Å². The maximum absolute atomic E-state index is 11.8. The number of nitrogens with zero attached hydrogens (tertiary/aromatic N) is 1. The standard InChI is InChI=1S/C12H21N3OS/c1-5-10-8(4)17-12(14-10)15-11(16)9(13)6-7(2)3/h7,9H,5-6,13H2,1-4H3,(H,14,15,16). The van der Waals surface area contributed by atoms with Crippen LogP contribution in [-0.4, -0.2) is 16.9 Å². The molecule has 5 heteroatoms. The van der Waals surface area contributed by atoms with Gasteiger partial charge in [-0.1, -0.05) is 20.8 Å². The van der Waals surface area contributed by atoms with Crippen molar-refractivity contribution in [3.05, 3.63) is 10.6 Å². The first-order valence-electron chi connectivity index (χ1n) is 5.96. The molecule has 0 saturated heterocycles. The predicted molar refractivity (Wildman–Crippen MR) is 72.3 cm³/mol. The van der Waals surface area contributed by atoms with E-state index in [2.05, 4.69) is 31.1 Å². The number of carbonyl (C=O) groups excluding carboxylic acids is 1. The Balaban J connectivity index is 2.61. The van der Waals surface area contributed by atoms with E-state index >= 15 is 0 Å². The molecule has 0 saturated carbocycles. The quantitative estimate of drug-likeness (QED) is 0.848. The van der Waals surface area contributed by atoms with Gasteiger partial charge in [-0.2, -0.15) is 0 Å². The highest BCUT2D eigenvalue weighted by Gasteiger charge is 2.17. The zero-order valence-corrected chi connectivity index (χ0v) is 11.7. The van der Waals surface area contributed by atoms with E-state index in [4.69, 9.17) is 5.73 Å². The van der Waals surface area contributed by atoms with E-state index in [0.717, 1.165) is 17.0 Å². The van der Waals surface area contributed by atoms with E-state index in [-0.39, 0.29) is 5.91 Å². The molecule has 0 aliphatic carbocycles. The van der Waals surface area contributed by atoms with Gasteiger partial charge in [0.1, 0.15) is 0 Å².